The average molecular weight is 143 g/mol. The third-order valence-electron chi connectivity index (χ3n) is 0.719. The Labute approximate surface area is 54.2 Å². The largest absolute Gasteiger partial charge is 0.767 e. The zero-order valence-electron chi connectivity index (χ0n) is 4.35. The molecule has 5 heteroatoms. The molecule has 0 aliphatic rings. The third kappa shape index (κ3) is 1.55. The summed E-state index contributed by atoms with van der Waals surface area (Å²) in [7, 11) is 0. The lowest BCUT2D eigenvalue weighted by Gasteiger charge is -1.99. The van der Waals surface area contributed by atoms with E-state index in [1.54, 1.807) is 0 Å². The fourth-order valence-electron chi connectivity index (χ4n) is 0.376. The fraction of sp³-hybridized carbons (Fsp3) is 0. The summed E-state index contributed by atoms with van der Waals surface area (Å²) in [6.07, 6.45) is 1.41. The van der Waals surface area contributed by atoms with E-state index in [0.29, 0.717) is 0 Å². The van der Waals surface area contributed by atoms with Crippen molar-refractivity contribution in [3.63, 3.8) is 0 Å². The standard InChI is InChI=1S/C4H4N2O2S/c7-9(8)4-2-1-3-5-6-4/h1-3H,(H,7,8)/p-1. The van der Waals surface area contributed by atoms with Crippen molar-refractivity contribution in [2.24, 2.45) is 0 Å². The van der Waals surface area contributed by atoms with Crippen molar-refractivity contribution in [3.8, 4) is 0 Å². The monoisotopic (exact) mass is 143 g/mol. The molecule has 0 N–H and O–H groups in total. The maximum atomic E-state index is 10.1. The normalized spacial score (nSPS) is 13.0. The molecule has 0 aromatic carbocycles. The van der Waals surface area contributed by atoms with Crippen molar-refractivity contribution >= 4 is 11.1 Å². The van der Waals surface area contributed by atoms with Crippen LogP contribution in [-0.4, -0.2) is 19.0 Å². The molecule has 48 valence electrons. The van der Waals surface area contributed by atoms with E-state index < -0.39 is 11.1 Å². The van der Waals surface area contributed by atoms with Crippen LogP contribution in [0.5, 0.6) is 0 Å². The van der Waals surface area contributed by atoms with Crippen LogP contribution in [0, 0.1) is 0 Å². The summed E-state index contributed by atoms with van der Waals surface area (Å²) in [4.78, 5) is 0. The molecule has 0 aliphatic heterocycles. The molecule has 1 atom stereocenters. The van der Waals surface area contributed by atoms with Gasteiger partial charge in [0.1, 0.15) is 5.03 Å². The maximum Gasteiger partial charge on any atom is 0.136 e. The van der Waals surface area contributed by atoms with Crippen molar-refractivity contribution in [2.75, 3.05) is 0 Å². The summed E-state index contributed by atoms with van der Waals surface area (Å²) in [5.41, 5.74) is 0. The summed E-state index contributed by atoms with van der Waals surface area (Å²) in [6, 6.07) is 2.88. The number of aromatic nitrogens is 2. The highest BCUT2D eigenvalue weighted by atomic mass is 32.2. The molecular weight excluding hydrogens is 140 g/mol. The Balaban J connectivity index is 2.98. The second kappa shape index (κ2) is 2.65. The summed E-state index contributed by atoms with van der Waals surface area (Å²) < 4.78 is 20.2. The van der Waals surface area contributed by atoms with Crippen molar-refractivity contribution in [2.45, 2.75) is 5.03 Å². The van der Waals surface area contributed by atoms with Crippen molar-refractivity contribution in [1.82, 2.24) is 10.2 Å². The van der Waals surface area contributed by atoms with Crippen molar-refractivity contribution in [1.29, 1.82) is 0 Å². The predicted octanol–water partition coefficient (Wildman–Crippen LogP) is -0.285. The van der Waals surface area contributed by atoms with E-state index in [9.17, 15) is 8.76 Å². The Hall–Kier alpha value is -0.810. The topological polar surface area (TPSA) is 65.9 Å². The Morgan fingerprint density at radius 2 is 2.44 bits per heavy atom. The second-order valence-corrected chi connectivity index (χ2v) is 2.18. The number of hydrogen-bond acceptors (Lipinski definition) is 4. The van der Waals surface area contributed by atoms with Gasteiger partial charge in [-0.05, 0) is 23.2 Å². The zero-order chi connectivity index (χ0) is 6.69. The van der Waals surface area contributed by atoms with Gasteiger partial charge < -0.3 is 4.55 Å². The van der Waals surface area contributed by atoms with Gasteiger partial charge in [-0.25, -0.2) is 0 Å². The summed E-state index contributed by atoms with van der Waals surface area (Å²) >= 11 is -2.25. The van der Waals surface area contributed by atoms with E-state index >= 15 is 0 Å². The first-order valence-electron chi connectivity index (χ1n) is 2.17. The van der Waals surface area contributed by atoms with Crippen LogP contribution in [0.3, 0.4) is 0 Å². The van der Waals surface area contributed by atoms with Gasteiger partial charge in [-0.15, -0.1) is 5.10 Å². The number of rotatable bonds is 1. The third-order valence-corrected chi connectivity index (χ3v) is 1.28. The van der Waals surface area contributed by atoms with E-state index in [1.165, 1.54) is 18.3 Å². The minimum atomic E-state index is -2.25. The minimum Gasteiger partial charge on any atom is -0.767 e. The van der Waals surface area contributed by atoms with Crippen LogP contribution in [0.2, 0.25) is 0 Å². The Bertz CT molecular complexity index is 213. The number of nitrogens with zero attached hydrogens (tertiary/aromatic N) is 2. The Morgan fingerprint density at radius 3 is 2.78 bits per heavy atom. The molecule has 0 spiro atoms. The lowest BCUT2D eigenvalue weighted by Crippen LogP contribution is -1.93. The molecular formula is C4H3N2O2S-. The molecule has 1 rings (SSSR count). The molecule has 0 saturated heterocycles. The van der Waals surface area contributed by atoms with Gasteiger partial charge in [-0.2, -0.15) is 5.10 Å². The molecule has 4 nitrogen and oxygen atoms in total. The molecule has 1 aromatic heterocycles. The first-order valence-corrected chi connectivity index (χ1v) is 3.25. The molecule has 0 amide bonds. The van der Waals surface area contributed by atoms with Crippen LogP contribution in [0.4, 0.5) is 0 Å². The van der Waals surface area contributed by atoms with Gasteiger partial charge in [0.15, 0.2) is 0 Å². The molecule has 0 saturated carbocycles. The molecule has 1 heterocycles. The summed E-state index contributed by atoms with van der Waals surface area (Å²) in [6.45, 7) is 0. The molecule has 9 heavy (non-hydrogen) atoms. The van der Waals surface area contributed by atoms with E-state index in [2.05, 4.69) is 10.2 Å². The zero-order valence-corrected chi connectivity index (χ0v) is 5.17. The van der Waals surface area contributed by atoms with Gasteiger partial charge in [0.05, 0.1) is 0 Å². The van der Waals surface area contributed by atoms with Crippen LogP contribution >= 0.6 is 0 Å². The van der Waals surface area contributed by atoms with Gasteiger partial charge >= 0.3 is 0 Å². The highest BCUT2D eigenvalue weighted by Crippen LogP contribution is 1.93. The summed E-state index contributed by atoms with van der Waals surface area (Å²) in [5.74, 6) is 0. The van der Waals surface area contributed by atoms with Crippen LogP contribution < -0.4 is 0 Å². The van der Waals surface area contributed by atoms with Crippen LogP contribution in [-0.2, 0) is 11.1 Å². The first kappa shape index (κ1) is 6.31. The van der Waals surface area contributed by atoms with Crippen molar-refractivity contribution < 1.29 is 8.76 Å². The maximum absolute atomic E-state index is 10.1. The molecule has 0 fully saturated rings. The molecule has 1 unspecified atom stereocenters. The van der Waals surface area contributed by atoms with Gasteiger partial charge in [-0.3, -0.25) is 4.21 Å². The van der Waals surface area contributed by atoms with E-state index in [4.69, 9.17) is 0 Å². The molecule has 1 aromatic rings. The quantitative estimate of drug-likeness (QED) is 0.507. The van der Waals surface area contributed by atoms with E-state index in [0.717, 1.165) is 0 Å². The SMILES string of the molecule is O=S([O-])c1cccnn1. The fourth-order valence-corrected chi connectivity index (χ4v) is 0.680. The van der Waals surface area contributed by atoms with Crippen LogP contribution in [0.25, 0.3) is 0 Å². The van der Waals surface area contributed by atoms with E-state index in [1.807, 2.05) is 0 Å². The highest BCUT2D eigenvalue weighted by molar-refractivity contribution is 7.79. The van der Waals surface area contributed by atoms with Crippen LogP contribution in [0.1, 0.15) is 0 Å². The van der Waals surface area contributed by atoms with Gasteiger partial charge in [0.25, 0.3) is 0 Å². The highest BCUT2D eigenvalue weighted by Gasteiger charge is 1.88. The number of hydrogen-bond donors (Lipinski definition) is 0. The lowest BCUT2D eigenvalue weighted by atomic mass is 10.6. The Morgan fingerprint density at radius 1 is 1.67 bits per heavy atom. The lowest BCUT2D eigenvalue weighted by molar-refractivity contribution is 0.531. The smallest absolute Gasteiger partial charge is 0.136 e. The molecule has 0 aliphatic carbocycles. The predicted molar refractivity (Wildman–Crippen MR) is 29.2 cm³/mol. The second-order valence-electron chi connectivity index (χ2n) is 1.30. The van der Waals surface area contributed by atoms with E-state index in [-0.39, 0.29) is 5.03 Å². The Kier molecular flexibility index (Phi) is 1.86. The van der Waals surface area contributed by atoms with Crippen molar-refractivity contribution in [3.05, 3.63) is 18.3 Å². The average Bonchev–Trinajstić information content (AvgIpc) is 1.90. The van der Waals surface area contributed by atoms with Gasteiger partial charge in [0.2, 0.25) is 0 Å². The first-order chi connectivity index (χ1) is 4.30. The molecule has 0 radical (unpaired) electrons. The van der Waals surface area contributed by atoms with Gasteiger partial charge in [-0.1, -0.05) is 0 Å². The van der Waals surface area contributed by atoms with Crippen LogP contribution in [0.15, 0.2) is 23.4 Å². The molecule has 0 bridgehead atoms. The summed E-state index contributed by atoms with van der Waals surface area (Å²) in [5, 5.41) is 6.65. The minimum absolute atomic E-state index is 0.0301. The van der Waals surface area contributed by atoms with Gasteiger partial charge in [0, 0.05) is 6.20 Å².